The first-order valence-corrected chi connectivity index (χ1v) is 11.0. The van der Waals surface area contributed by atoms with Crippen LogP contribution >= 0.6 is 0 Å². The zero-order valence-corrected chi connectivity index (χ0v) is 16.9. The Morgan fingerprint density at radius 2 is 1.17 bits per heavy atom. The molecule has 4 heteroatoms. The second-order valence-electron chi connectivity index (χ2n) is 9.47. The first kappa shape index (κ1) is 16.6. The number of nitrogen functional groups attached to an aromatic ring is 2. The van der Waals surface area contributed by atoms with Crippen molar-refractivity contribution in [2.45, 2.75) is 43.9 Å². The van der Waals surface area contributed by atoms with Crippen LogP contribution in [0, 0.1) is 5.41 Å². The molecule has 0 saturated heterocycles. The molecule has 0 unspecified atom stereocenters. The number of nitrogens with zero attached hydrogens (tertiary/aromatic N) is 2. The fraction of sp³-hybridized carbons (Fsp3) is 0.308. The summed E-state index contributed by atoms with van der Waals surface area (Å²) in [5, 5.41) is 2.13. The summed E-state index contributed by atoms with van der Waals surface area (Å²) >= 11 is 0. The topological polar surface area (TPSA) is 77.8 Å². The first-order chi connectivity index (χ1) is 14.6. The molecule has 0 spiro atoms. The van der Waals surface area contributed by atoms with E-state index in [0.717, 1.165) is 52.4 Å². The lowest BCUT2D eigenvalue weighted by atomic mass is 9.56. The van der Waals surface area contributed by atoms with Gasteiger partial charge in [0.15, 0.2) is 0 Å². The van der Waals surface area contributed by atoms with Crippen LogP contribution in [0.4, 0.5) is 11.4 Å². The summed E-state index contributed by atoms with van der Waals surface area (Å²) in [5.41, 5.74) is 22.5. The van der Waals surface area contributed by atoms with Gasteiger partial charge in [-0.05, 0) is 43.2 Å². The highest BCUT2D eigenvalue weighted by atomic mass is 14.9. The summed E-state index contributed by atoms with van der Waals surface area (Å²) in [7, 11) is 0. The second-order valence-corrected chi connectivity index (χ2v) is 9.47. The van der Waals surface area contributed by atoms with Crippen LogP contribution in [0.25, 0.3) is 21.8 Å². The molecule has 1 saturated carbocycles. The first-order valence-electron chi connectivity index (χ1n) is 11.0. The summed E-state index contributed by atoms with van der Waals surface area (Å²) in [6.07, 6.45) is 6.67. The van der Waals surface area contributed by atoms with E-state index < -0.39 is 0 Å². The van der Waals surface area contributed by atoms with Gasteiger partial charge in [0.05, 0.1) is 11.0 Å². The average molecular weight is 393 g/mol. The molecular formula is C26H24N4. The van der Waals surface area contributed by atoms with Crippen LogP contribution in [0.2, 0.25) is 0 Å². The summed E-state index contributed by atoms with van der Waals surface area (Å²) in [6.45, 7) is 0. The molecule has 4 aromatic rings. The monoisotopic (exact) mass is 392 g/mol. The third-order valence-corrected chi connectivity index (χ3v) is 8.24. The highest BCUT2D eigenvalue weighted by Crippen LogP contribution is 2.70. The lowest BCUT2D eigenvalue weighted by molar-refractivity contribution is 0.126. The normalized spacial score (nSPS) is 26.4. The summed E-state index contributed by atoms with van der Waals surface area (Å²) in [6, 6.07) is 16.6. The van der Waals surface area contributed by atoms with Crippen LogP contribution in [-0.2, 0) is 18.3 Å². The fourth-order valence-electron chi connectivity index (χ4n) is 7.21. The van der Waals surface area contributed by atoms with Gasteiger partial charge in [0.1, 0.15) is 0 Å². The molecule has 30 heavy (non-hydrogen) atoms. The molecule has 2 aromatic heterocycles. The SMILES string of the molecule is Nc1c2c(nc3ccccc13)CC13CCCCC21c1c(nc2ccccc2c1N)C3. The Kier molecular flexibility index (Phi) is 2.94. The van der Waals surface area contributed by atoms with Crippen LogP contribution in [0.5, 0.6) is 0 Å². The molecule has 0 radical (unpaired) electrons. The molecule has 4 N–H and O–H groups in total. The van der Waals surface area contributed by atoms with E-state index in [9.17, 15) is 0 Å². The van der Waals surface area contributed by atoms with Crippen molar-refractivity contribution in [3.8, 4) is 0 Å². The van der Waals surface area contributed by atoms with Crippen LogP contribution in [0.15, 0.2) is 48.5 Å². The number of hydrogen-bond acceptors (Lipinski definition) is 4. The lowest BCUT2D eigenvalue weighted by Crippen LogP contribution is -2.43. The number of benzene rings is 2. The highest BCUT2D eigenvalue weighted by molar-refractivity contribution is 5.97. The molecule has 2 aromatic carbocycles. The summed E-state index contributed by atoms with van der Waals surface area (Å²) in [4.78, 5) is 10.3. The molecule has 0 aliphatic heterocycles. The molecule has 0 bridgehead atoms. The molecule has 0 amide bonds. The van der Waals surface area contributed by atoms with Gasteiger partial charge < -0.3 is 11.5 Å². The minimum Gasteiger partial charge on any atom is -0.398 e. The van der Waals surface area contributed by atoms with E-state index in [1.54, 1.807) is 0 Å². The average Bonchev–Trinajstić information content (AvgIpc) is 3.20. The Morgan fingerprint density at radius 1 is 0.667 bits per heavy atom. The van der Waals surface area contributed by atoms with Crippen LogP contribution < -0.4 is 11.5 Å². The van der Waals surface area contributed by atoms with Crippen molar-refractivity contribution in [2.24, 2.45) is 5.41 Å². The third-order valence-electron chi connectivity index (χ3n) is 8.24. The standard InChI is InChI=1S/C26H24N4/c27-23-15-7-1-3-9-17(15)29-19-13-25-11-5-6-12-26(25,21(19)23)22-20(14-25)30-18-10-4-2-8-16(18)24(22)28/h1-4,7-10H,5-6,11-14H2,(H2,27,29)(H2,28,30). The molecular weight excluding hydrogens is 368 g/mol. The van der Waals surface area contributed by atoms with E-state index in [4.69, 9.17) is 21.4 Å². The molecule has 7 rings (SSSR count). The van der Waals surface area contributed by atoms with Gasteiger partial charge in [-0.25, -0.2) is 0 Å². The summed E-state index contributed by atoms with van der Waals surface area (Å²) in [5.74, 6) is 0. The van der Waals surface area contributed by atoms with Gasteiger partial charge >= 0.3 is 0 Å². The number of para-hydroxylation sites is 2. The number of hydrogen-bond donors (Lipinski definition) is 2. The number of nitrogens with two attached hydrogens (primary N) is 2. The predicted octanol–water partition coefficient (Wildman–Crippen LogP) is 4.91. The molecule has 3 aliphatic rings. The Hall–Kier alpha value is -3.14. The van der Waals surface area contributed by atoms with E-state index in [1.165, 1.54) is 41.8 Å². The van der Waals surface area contributed by atoms with Gasteiger partial charge in [0, 0.05) is 50.1 Å². The maximum atomic E-state index is 6.94. The van der Waals surface area contributed by atoms with Gasteiger partial charge in [-0.1, -0.05) is 49.2 Å². The Bertz CT molecular complexity index is 1290. The number of anilines is 2. The lowest BCUT2D eigenvalue weighted by Gasteiger charge is -2.46. The van der Waals surface area contributed by atoms with E-state index >= 15 is 0 Å². The van der Waals surface area contributed by atoms with Crippen molar-refractivity contribution in [3.63, 3.8) is 0 Å². The number of pyridine rings is 2. The van der Waals surface area contributed by atoms with Crippen molar-refractivity contribution >= 4 is 33.2 Å². The largest absolute Gasteiger partial charge is 0.398 e. The van der Waals surface area contributed by atoms with Crippen LogP contribution in [-0.4, -0.2) is 9.97 Å². The molecule has 2 heterocycles. The Labute approximate surface area is 175 Å². The van der Waals surface area contributed by atoms with E-state index in [2.05, 4.69) is 36.4 Å². The maximum absolute atomic E-state index is 6.94. The van der Waals surface area contributed by atoms with E-state index in [-0.39, 0.29) is 10.8 Å². The van der Waals surface area contributed by atoms with Crippen LogP contribution in [0.1, 0.15) is 48.2 Å². The van der Waals surface area contributed by atoms with Gasteiger partial charge in [-0.15, -0.1) is 0 Å². The van der Waals surface area contributed by atoms with Gasteiger partial charge in [0.25, 0.3) is 0 Å². The Morgan fingerprint density at radius 3 is 1.73 bits per heavy atom. The number of aromatic nitrogens is 2. The highest BCUT2D eigenvalue weighted by Gasteiger charge is 2.65. The Balaban J connectivity index is 1.64. The minimum atomic E-state index is -0.155. The van der Waals surface area contributed by atoms with E-state index in [0.29, 0.717) is 0 Å². The fourth-order valence-corrected chi connectivity index (χ4v) is 7.21. The predicted molar refractivity (Wildman–Crippen MR) is 121 cm³/mol. The van der Waals surface area contributed by atoms with Crippen molar-refractivity contribution in [3.05, 3.63) is 71.0 Å². The van der Waals surface area contributed by atoms with Crippen molar-refractivity contribution < 1.29 is 0 Å². The van der Waals surface area contributed by atoms with Crippen LogP contribution in [0.3, 0.4) is 0 Å². The van der Waals surface area contributed by atoms with Crippen molar-refractivity contribution in [1.29, 1.82) is 0 Å². The van der Waals surface area contributed by atoms with Crippen molar-refractivity contribution in [1.82, 2.24) is 9.97 Å². The smallest absolute Gasteiger partial charge is 0.0726 e. The van der Waals surface area contributed by atoms with Gasteiger partial charge in [-0.3, -0.25) is 9.97 Å². The van der Waals surface area contributed by atoms with Crippen molar-refractivity contribution in [2.75, 3.05) is 11.5 Å². The summed E-state index contributed by atoms with van der Waals surface area (Å²) < 4.78 is 0. The zero-order valence-electron chi connectivity index (χ0n) is 16.9. The zero-order chi connectivity index (χ0) is 20.1. The molecule has 1 fully saturated rings. The van der Waals surface area contributed by atoms with Gasteiger partial charge in [-0.2, -0.15) is 0 Å². The second kappa shape index (κ2) is 5.31. The van der Waals surface area contributed by atoms with Gasteiger partial charge in [0.2, 0.25) is 0 Å². The van der Waals surface area contributed by atoms with E-state index in [1.807, 2.05) is 12.1 Å². The minimum absolute atomic E-state index is 0.104. The quantitative estimate of drug-likeness (QED) is 0.446. The number of fused-ring (bicyclic) bond motifs is 4. The molecule has 3 aliphatic carbocycles. The maximum Gasteiger partial charge on any atom is 0.0726 e. The molecule has 0 atom stereocenters. The molecule has 4 nitrogen and oxygen atoms in total. The molecule has 148 valence electrons. The number of rotatable bonds is 0. The third kappa shape index (κ3) is 1.71.